The number of hydrogen-bond donors (Lipinski definition) is 1. The van der Waals surface area contributed by atoms with Crippen molar-refractivity contribution in [2.45, 2.75) is 19.9 Å². The van der Waals surface area contributed by atoms with Crippen LogP contribution in [0, 0.1) is 5.92 Å². The predicted molar refractivity (Wildman–Crippen MR) is 76.7 cm³/mol. The molecule has 1 amide bonds. The van der Waals surface area contributed by atoms with Crippen molar-refractivity contribution in [3.8, 4) is 5.75 Å². The molecule has 1 heterocycles. The number of methoxy groups -OCH3 is 1. The van der Waals surface area contributed by atoms with E-state index in [0.717, 1.165) is 11.3 Å². The van der Waals surface area contributed by atoms with Crippen molar-refractivity contribution >= 4 is 5.91 Å². The fourth-order valence-electron chi connectivity index (χ4n) is 2.06. The molecule has 1 aromatic heterocycles. The molecule has 106 valence electrons. The van der Waals surface area contributed by atoms with Gasteiger partial charge in [0.2, 0.25) is 0 Å². The second-order valence-corrected chi connectivity index (χ2v) is 4.98. The van der Waals surface area contributed by atoms with E-state index in [1.165, 1.54) is 12.5 Å². The molecule has 2 rings (SSSR count). The van der Waals surface area contributed by atoms with Crippen molar-refractivity contribution in [2.75, 3.05) is 7.11 Å². The molecule has 2 aromatic rings. The number of benzene rings is 1. The molecule has 0 fully saturated rings. The number of rotatable bonds is 5. The van der Waals surface area contributed by atoms with Gasteiger partial charge in [0, 0.05) is 0 Å². The topological polar surface area (TPSA) is 51.5 Å². The number of hydrogen-bond acceptors (Lipinski definition) is 3. The lowest BCUT2D eigenvalue weighted by Gasteiger charge is -2.22. The van der Waals surface area contributed by atoms with Crippen LogP contribution < -0.4 is 10.1 Å². The monoisotopic (exact) mass is 273 g/mol. The van der Waals surface area contributed by atoms with Crippen molar-refractivity contribution in [1.82, 2.24) is 5.32 Å². The number of ether oxygens (including phenoxy) is 1. The third kappa shape index (κ3) is 3.20. The summed E-state index contributed by atoms with van der Waals surface area (Å²) in [6, 6.07) is 9.34. The summed E-state index contributed by atoms with van der Waals surface area (Å²) in [5.41, 5.74) is 1.59. The number of carbonyl (C=O) groups is 1. The molecule has 1 atom stereocenters. The van der Waals surface area contributed by atoms with E-state index < -0.39 is 0 Å². The van der Waals surface area contributed by atoms with E-state index in [1.807, 2.05) is 24.3 Å². The second-order valence-electron chi connectivity index (χ2n) is 4.98. The molecular weight excluding hydrogens is 254 g/mol. The molecule has 0 spiro atoms. The number of furan rings is 1. The molecule has 0 bridgehead atoms. The average molecular weight is 273 g/mol. The van der Waals surface area contributed by atoms with Gasteiger partial charge in [-0.2, -0.15) is 0 Å². The molecule has 0 unspecified atom stereocenters. The lowest BCUT2D eigenvalue weighted by Crippen LogP contribution is -2.31. The summed E-state index contributed by atoms with van der Waals surface area (Å²) < 4.78 is 10.1. The van der Waals surface area contributed by atoms with E-state index in [0.29, 0.717) is 5.56 Å². The first kappa shape index (κ1) is 14.2. The van der Waals surface area contributed by atoms with Gasteiger partial charge in [0.05, 0.1) is 25.0 Å². The van der Waals surface area contributed by atoms with Crippen molar-refractivity contribution in [3.05, 3.63) is 54.0 Å². The second kappa shape index (κ2) is 6.28. The van der Waals surface area contributed by atoms with Gasteiger partial charge >= 0.3 is 0 Å². The van der Waals surface area contributed by atoms with Crippen LogP contribution in [-0.2, 0) is 0 Å². The molecule has 0 aliphatic carbocycles. The molecule has 4 heteroatoms. The SMILES string of the molecule is COc1ccc([C@H](NC(=O)c2ccoc2)C(C)C)cc1. The van der Waals surface area contributed by atoms with Gasteiger partial charge in [-0.3, -0.25) is 4.79 Å². The van der Waals surface area contributed by atoms with Crippen molar-refractivity contribution in [2.24, 2.45) is 5.92 Å². The van der Waals surface area contributed by atoms with Crippen molar-refractivity contribution in [3.63, 3.8) is 0 Å². The molecule has 1 aromatic carbocycles. The summed E-state index contributed by atoms with van der Waals surface area (Å²) in [6.07, 6.45) is 2.94. The molecular formula is C16H19NO3. The first-order valence-corrected chi connectivity index (χ1v) is 6.59. The zero-order valence-electron chi connectivity index (χ0n) is 11.9. The Morgan fingerprint density at radius 1 is 1.20 bits per heavy atom. The van der Waals surface area contributed by atoms with Crippen LogP contribution in [0.4, 0.5) is 0 Å². The van der Waals surface area contributed by atoms with Crippen LogP contribution >= 0.6 is 0 Å². The van der Waals surface area contributed by atoms with Gasteiger partial charge in [0.15, 0.2) is 0 Å². The Labute approximate surface area is 118 Å². The highest BCUT2D eigenvalue weighted by Gasteiger charge is 2.19. The Hall–Kier alpha value is -2.23. The standard InChI is InChI=1S/C16H19NO3/c1-11(2)15(12-4-6-14(19-3)7-5-12)17-16(18)13-8-9-20-10-13/h4-11,15H,1-3H3,(H,17,18)/t15-/m1/s1. The minimum Gasteiger partial charge on any atom is -0.497 e. The fraction of sp³-hybridized carbons (Fsp3) is 0.312. The minimum atomic E-state index is -0.131. The Morgan fingerprint density at radius 2 is 1.90 bits per heavy atom. The Kier molecular flexibility index (Phi) is 4.45. The van der Waals surface area contributed by atoms with E-state index in [9.17, 15) is 4.79 Å². The number of carbonyl (C=O) groups excluding carboxylic acids is 1. The van der Waals surface area contributed by atoms with Crippen LogP contribution in [0.5, 0.6) is 5.75 Å². The maximum Gasteiger partial charge on any atom is 0.255 e. The third-order valence-electron chi connectivity index (χ3n) is 3.21. The van der Waals surface area contributed by atoms with Gasteiger partial charge in [0.1, 0.15) is 12.0 Å². The molecule has 1 N–H and O–H groups in total. The molecule has 0 aliphatic rings. The normalized spacial score (nSPS) is 12.2. The fourth-order valence-corrected chi connectivity index (χ4v) is 2.06. The van der Waals surface area contributed by atoms with E-state index >= 15 is 0 Å². The van der Waals surface area contributed by atoms with Gasteiger partial charge in [0.25, 0.3) is 5.91 Å². The lowest BCUT2D eigenvalue weighted by molar-refractivity contribution is 0.0925. The van der Waals surface area contributed by atoms with Crippen LogP contribution in [0.2, 0.25) is 0 Å². The van der Waals surface area contributed by atoms with Gasteiger partial charge in [-0.25, -0.2) is 0 Å². The highest BCUT2D eigenvalue weighted by molar-refractivity contribution is 5.94. The van der Waals surface area contributed by atoms with Crippen molar-refractivity contribution < 1.29 is 13.9 Å². The van der Waals surface area contributed by atoms with E-state index in [-0.39, 0.29) is 17.9 Å². The molecule has 0 saturated heterocycles. The highest BCUT2D eigenvalue weighted by Crippen LogP contribution is 2.24. The molecule has 0 aliphatic heterocycles. The van der Waals surface area contributed by atoms with Crippen LogP contribution in [0.15, 0.2) is 47.3 Å². The summed E-state index contributed by atoms with van der Waals surface area (Å²) in [5.74, 6) is 0.949. The van der Waals surface area contributed by atoms with Gasteiger partial charge in [-0.15, -0.1) is 0 Å². The number of amides is 1. The van der Waals surface area contributed by atoms with Gasteiger partial charge < -0.3 is 14.5 Å². The first-order chi connectivity index (χ1) is 9.61. The lowest BCUT2D eigenvalue weighted by atomic mass is 9.95. The summed E-state index contributed by atoms with van der Waals surface area (Å²) in [5, 5.41) is 3.03. The third-order valence-corrected chi connectivity index (χ3v) is 3.21. The first-order valence-electron chi connectivity index (χ1n) is 6.59. The van der Waals surface area contributed by atoms with Gasteiger partial charge in [-0.05, 0) is 29.7 Å². The summed E-state index contributed by atoms with van der Waals surface area (Å²) in [7, 11) is 1.63. The van der Waals surface area contributed by atoms with E-state index in [1.54, 1.807) is 13.2 Å². The maximum absolute atomic E-state index is 12.1. The molecule has 0 saturated carbocycles. The van der Waals surface area contributed by atoms with Crippen LogP contribution in [-0.4, -0.2) is 13.0 Å². The average Bonchev–Trinajstić information content (AvgIpc) is 2.98. The zero-order valence-corrected chi connectivity index (χ0v) is 11.9. The smallest absolute Gasteiger partial charge is 0.255 e. The van der Waals surface area contributed by atoms with Gasteiger partial charge in [-0.1, -0.05) is 26.0 Å². The summed E-state index contributed by atoms with van der Waals surface area (Å²) in [6.45, 7) is 4.15. The predicted octanol–water partition coefficient (Wildman–Crippen LogP) is 3.42. The maximum atomic E-state index is 12.1. The summed E-state index contributed by atoms with van der Waals surface area (Å²) >= 11 is 0. The Bertz CT molecular complexity index is 544. The highest BCUT2D eigenvalue weighted by atomic mass is 16.5. The Morgan fingerprint density at radius 3 is 2.40 bits per heavy atom. The van der Waals surface area contributed by atoms with Crippen LogP contribution in [0.25, 0.3) is 0 Å². The quantitative estimate of drug-likeness (QED) is 0.908. The van der Waals surface area contributed by atoms with E-state index in [2.05, 4.69) is 19.2 Å². The largest absolute Gasteiger partial charge is 0.497 e. The van der Waals surface area contributed by atoms with Crippen LogP contribution in [0.1, 0.15) is 35.8 Å². The minimum absolute atomic E-state index is 0.0525. The van der Waals surface area contributed by atoms with Crippen molar-refractivity contribution in [1.29, 1.82) is 0 Å². The van der Waals surface area contributed by atoms with Crippen LogP contribution in [0.3, 0.4) is 0 Å². The molecule has 0 radical (unpaired) electrons. The number of nitrogens with one attached hydrogen (secondary N) is 1. The Balaban J connectivity index is 2.16. The molecule has 20 heavy (non-hydrogen) atoms. The summed E-state index contributed by atoms with van der Waals surface area (Å²) in [4.78, 5) is 12.1. The zero-order chi connectivity index (χ0) is 14.5. The molecule has 4 nitrogen and oxygen atoms in total. The van der Waals surface area contributed by atoms with E-state index in [4.69, 9.17) is 9.15 Å².